The molecule has 0 spiro atoms. The van der Waals surface area contributed by atoms with Crippen LogP contribution in [0.4, 0.5) is 0 Å². The largest absolute Gasteiger partial charge is 0.487 e. The number of amides is 2. The van der Waals surface area contributed by atoms with Crippen molar-refractivity contribution in [2.24, 2.45) is 11.7 Å². The Morgan fingerprint density at radius 2 is 2.03 bits per heavy atom. The Kier molecular flexibility index (Phi) is 9.55. The van der Waals surface area contributed by atoms with Crippen LogP contribution in [-0.4, -0.2) is 87.9 Å². The van der Waals surface area contributed by atoms with Crippen molar-refractivity contribution in [3.8, 4) is 5.75 Å². The first kappa shape index (κ1) is 26.7. The average molecular weight is 516 g/mol. The number of hydrogen-bond acceptors (Lipinski definition) is 7. The van der Waals surface area contributed by atoms with Crippen molar-refractivity contribution in [1.82, 2.24) is 19.8 Å². The first-order valence-electron chi connectivity index (χ1n) is 11.6. The van der Waals surface area contributed by atoms with E-state index >= 15 is 0 Å². The lowest BCUT2D eigenvalue weighted by Crippen LogP contribution is -2.50. The van der Waals surface area contributed by atoms with Crippen molar-refractivity contribution >= 4 is 33.4 Å². The Balaban J connectivity index is 1.43. The van der Waals surface area contributed by atoms with Gasteiger partial charge in [0.1, 0.15) is 11.9 Å². The summed E-state index contributed by atoms with van der Waals surface area (Å²) in [5.41, 5.74) is 5.20. The van der Waals surface area contributed by atoms with Crippen LogP contribution in [-0.2, 0) is 19.6 Å². The minimum atomic E-state index is -3.66. The SMILES string of the molecule is C[C@@H](CCC(=O)NCCN1CCN(S(=O)(=O)c2ccc(O[C@H]3CCNC3)c(Cl)c2)CC1)C(N)=O. The van der Waals surface area contributed by atoms with Crippen LogP contribution in [0.3, 0.4) is 0 Å². The summed E-state index contributed by atoms with van der Waals surface area (Å²) in [5, 5.41) is 6.33. The zero-order valence-electron chi connectivity index (χ0n) is 19.5. The average Bonchev–Trinajstić information content (AvgIpc) is 3.32. The van der Waals surface area contributed by atoms with Crippen LogP contribution in [0.25, 0.3) is 0 Å². The van der Waals surface area contributed by atoms with Gasteiger partial charge in [-0.25, -0.2) is 8.42 Å². The number of carbonyl (C=O) groups excluding carboxylic acids is 2. The molecule has 2 saturated heterocycles. The molecule has 34 heavy (non-hydrogen) atoms. The van der Waals surface area contributed by atoms with E-state index in [0.717, 1.165) is 19.5 Å². The highest BCUT2D eigenvalue weighted by Crippen LogP contribution is 2.30. The van der Waals surface area contributed by atoms with Crippen LogP contribution in [0.15, 0.2) is 23.1 Å². The molecular formula is C22H34ClN5O5S. The Labute approximate surface area is 206 Å². The highest BCUT2D eigenvalue weighted by molar-refractivity contribution is 7.89. The normalized spacial score (nSPS) is 20.7. The van der Waals surface area contributed by atoms with Crippen LogP contribution < -0.4 is 21.1 Å². The molecule has 190 valence electrons. The number of ether oxygens (including phenoxy) is 1. The van der Waals surface area contributed by atoms with E-state index in [0.29, 0.717) is 51.4 Å². The van der Waals surface area contributed by atoms with E-state index in [1.807, 2.05) is 0 Å². The summed E-state index contributed by atoms with van der Waals surface area (Å²) in [5.74, 6) is -0.370. The van der Waals surface area contributed by atoms with Gasteiger partial charge in [-0.05, 0) is 37.6 Å². The lowest BCUT2D eigenvalue weighted by atomic mass is 10.1. The number of piperazine rings is 1. The fourth-order valence-electron chi connectivity index (χ4n) is 3.92. The molecule has 2 atom stereocenters. The summed E-state index contributed by atoms with van der Waals surface area (Å²) in [7, 11) is -3.66. The van der Waals surface area contributed by atoms with Crippen molar-refractivity contribution < 1.29 is 22.7 Å². The monoisotopic (exact) mass is 515 g/mol. The van der Waals surface area contributed by atoms with E-state index in [1.165, 1.54) is 10.4 Å². The maximum atomic E-state index is 13.1. The molecular weight excluding hydrogens is 482 g/mol. The lowest BCUT2D eigenvalue weighted by molar-refractivity contribution is -0.123. The van der Waals surface area contributed by atoms with Crippen molar-refractivity contribution in [1.29, 1.82) is 0 Å². The molecule has 2 fully saturated rings. The minimum absolute atomic E-state index is 0.0384. The van der Waals surface area contributed by atoms with Crippen molar-refractivity contribution in [2.45, 2.75) is 37.2 Å². The number of sulfonamides is 1. The van der Waals surface area contributed by atoms with E-state index < -0.39 is 15.9 Å². The van der Waals surface area contributed by atoms with Gasteiger partial charge in [-0.1, -0.05) is 18.5 Å². The topological polar surface area (TPSA) is 134 Å². The molecule has 0 aromatic heterocycles. The molecule has 0 radical (unpaired) electrons. The van der Waals surface area contributed by atoms with E-state index in [1.54, 1.807) is 19.1 Å². The molecule has 0 saturated carbocycles. The Morgan fingerprint density at radius 3 is 2.65 bits per heavy atom. The van der Waals surface area contributed by atoms with Gasteiger partial charge in [0.05, 0.1) is 9.92 Å². The van der Waals surface area contributed by atoms with Gasteiger partial charge in [0, 0.05) is 58.2 Å². The van der Waals surface area contributed by atoms with Gasteiger partial charge in [-0.2, -0.15) is 4.31 Å². The third-order valence-corrected chi connectivity index (χ3v) is 8.41. The number of halogens is 1. The standard InChI is InChI=1S/C22H34ClN5O5S/c1-16(22(24)30)2-5-21(29)26-8-9-27-10-12-28(13-11-27)34(31,32)18-3-4-20(19(23)14-18)33-17-6-7-25-15-17/h3-4,14,16-17,25H,2,5-13,15H2,1H3,(H2,24,30)(H,26,29)/t16-,17-/m0/s1. The third kappa shape index (κ3) is 7.29. The highest BCUT2D eigenvalue weighted by Gasteiger charge is 2.29. The molecule has 4 N–H and O–H groups in total. The van der Waals surface area contributed by atoms with Crippen LogP contribution in [0.5, 0.6) is 5.75 Å². The second-order valence-corrected chi connectivity index (χ2v) is 11.1. The van der Waals surface area contributed by atoms with E-state index in [-0.39, 0.29) is 34.3 Å². The van der Waals surface area contributed by atoms with Gasteiger partial charge >= 0.3 is 0 Å². The summed E-state index contributed by atoms with van der Waals surface area (Å²) >= 11 is 6.32. The van der Waals surface area contributed by atoms with Gasteiger partial charge in [-0.3, -0.25) is 14.5 Å². The number of nitrogens with zero attached hydrogens (tertiary/aromatic N) is 2. The van der Waals surface area contributed by atoms with Crippen molar-refractivity contribution in [3.63, 3.8) is 0 Å². The van der Waals surface area contributed by atoms with E-state index in [4.69, 9.17) is 22.1 Å². The predicted octanol–water partition coefficient (Wildman–Crippen LogP) is 0.405. The summed E-state index contributed by atoms with van der Waals surface area (Å²) in [6.07, 6.45) is 1.60. The fourth-order valence-corrected chi connectivity index (χ4v) is 5.66. The molecule has 2 heterocycles. The van der Waals surface area contributed by atoms with Crippen molar-refractivity contribution in [2.75, 3.05) is 52.4 Å². The number of primary amides is 1. The second kappa shape index (κ2) is 12.2. The molecule has 12 heteroatoms. The fraction of sp³-hybridized carbons (Fsp3) is 0.636. The number of benzene rings is 1. The number of nitrogens with one attached hydrogen (secondary N) is 2. The molecule has 1 aromatic rings. The molecule has 3 rings (SSSR count). The molecule has 0 unspecified atom stereocenters. The Hall–Kier alpha value is -1.92. The Morgan fingerprint density at radius 1 is 1.29 bits per heavy atom. The first-order valence-corrected chi connectivity index (χ1v) is 13.4. The van der Waals surface area contributed by atoms with Crippen molar-refractivity contribution in [3.05, 3.63) is 23.2 Å². The maximum Gasteiger partial charge on any atom is 0.243 e. The van der Waals surface area contributed by atoms with E-state index in [9.17, 15) is 18.0 Å². The summed E-state index contributed by atoms with van der Waals surface area (Å²) < 4.78 is 33.5. The van der Waals surface area contributed by atoms with Crippen LogP contribution in [0, 0.1) is 5.92 Å². The molecule has 2 amide bonds. The second-order valence-electron chi connectivity index (χ2n) is 8.76. The number of rotatable bonds is 11. The molecule has 2 aliphatic heterocycles. The van der Waals surface area contributed by atoms with Crippen LogP contribution in [0.2, 0.25) is 5.02 Å². The van der Waals surface area contributed by atoms with E-state index in [2.05, 4.69) is 15.5 Å². The smallest absolute Gasteiger partial charge is 0.243 e. The first-order chi connectivity index (χ1) is 16.2. The Bertz CT molecular complexity index is 962. The van der Waals surface area contributed by atoms with Crippen LogP contribution in [0.1, 0.15) is 26.2 Å². The van der Waals surface area contributed by atoms with Gasteiger partial charge in [0.15, 0.2) is 0 Å². The highest BCUT2D eigenvalue weighted by atomic mass is 35.5. The lowest BCUT2D eigenvalue weighted by Gasteiger charge is -2.34. The summed E-state index contributed by atoms with van der Waals surface area (Å²) in [6, 6.07) is 4.62. The van der Waals surface area contributed by atoms with Gasteiger partial charge in [0.25, 0.3) is 0 Å². The van der Waals surface area contributed by atoms with Gasteiger partial charge in [-0.15, -0.1) is 0 Å². The molecule has 2 aliphatic rings. The van der Waals surface area contributed by atoms with Crippen LogP contribution >= 0.6 is 11.6 Å². The quantitative estimate of drug-likeness (QED) is 0.388. The molecule has 0 aliphatic carbocycles. The van der Waals surface area contributed by atoms with Gasteiger partial charge < -0.3 is 21.1 Å². The zero-order valence-corrected chi connectivity index (χ0v) is 21.0. The predicted molar refractivity (Wildman–Crippen MR) is 129 cm³/mol. The maximum absolute atomic E-state index is 13.1. The molecule has 0 bridgehead atoms. The minimum Gasteiger partial charge on any atom is -0.487 e. The van der Waals surface area contributed by atoms with Gasteiger partial charge in [0.2, 0.25) is 21.8 Å². The molecule has 1 aromatic carbocycles. The number of carbonyl (C=O) groups is 2. The summed E-state index contributed by atoms with van der Waals surface area (Å²) in [6.45, 7) is 6.28. The zero-order chi connectivity index (χ0) is 24.7. The summed E-state index contributed by atoms with van der Waals surface area (Å²) in [4.78, 5) is 25.2. The number of nitrogens with two attached hydrogens (primary N) is 1. The molecule has 10 nitrogen and oxygen atoms in total. The third-order valence-electron chi connectivity index (χ3n) is 6.22. The number of hydrogen-bond donors (Lipinski definition) is 3.